The maximum atomic E-state index is 12.5. The molecule has 2 amide bonds. The van der Waals surface area contributed by atoms with Crippen LogP contribution in [0, 0.1) is 0 Å². The second kappa shape index (κ2) is 7.06. The van der Waals surface area contributed by atoms with E-state index in [0.29, 0.717) is 50.6 Å². The Bertz CT molecular complexity index is 578. The molecule has 2 aliphatic heterocycles. The van der Waals surface area contributed by atoms with Crippen molar-refractivity contribution in [3.05, 3.63) is 29.6 Å². The SMILES string of the molecule is NCc1cc(C(=O)N2CCN(C(=O)C3CCCO3)CC2)ccn1. The van der Waals surface area contributed by atoms with E-state index in [-0.39, 0.29) is 17.9 Å². The maximum Gasteiger partial charge on any atom is 0.254 e. The maximum absolute atomic E-state index is 12.5. The van der Waals surface area contributed by atoms with Gasteiger partial charge in [0.25, 0.3) is 11.8 Å². The summed E-state index contributed by atoms with van der Waals surface area (Å²) in [4.78, 5) is 32.5. The lowest BCUT2D eigenvalue weighted by Crippen LogP contribution is -2.52. The molecule has 0 spiro atoms. The molecule has 1 aromatic rings. The minimum Gasteiger partial charge on any atom is -0.368 e. The van der Waals surface area contributed by atoms with Gasteiger partial charge in [-0.2, -0.15) is 0 Å². The zero-order valence-electron chi connectivity index (χ0n) is 13.1. The number of carbonyl (C=O) groups is 2. The molecule has 2 N–H and O–H groups in total. The fraction of sp³-hybridized carbons (Fsp3) is 0.562. The fourth-order valence-corrected chi connectivity index (χ4v) is 3.01. The number of hydrogen-bond acceptors (Lipinski definition) is 5. The van der Waals surface area contributed by atoms with Crippen LogP contribution in [-0.4, -0.2) is 65.5 Å². The number of ether oxygens (including phenoxy) is 1. The van der Waals surface area contributed by atoms with Crippen LogP contribution in [-0.2, 0) is 16.1 Å². The number of nitrogens with zero attached hydrogens (tertiary/aromatic N) is 3. The molecule has 0 aliphatic carbocycles. The Morgan fingerprint density at radius 1 is 1.26 bits per heavy atom. The second-order valence-electron chi connectivity index (χ2n) is 5.86. The minimum absolute atomic E-state index is 0.0358. The summed E-state index contributed by atoms with van der Waals surface area (Å²) in [5.41, 5.74) is 6.86. The monoisotopic (exact) mass is 318 g/mol. The molecular weight excluding hydrogens is 296 g/mol. The molecule has 23 heavy (non-hydrogen) atoms. The third-order valence-corrected chi connectivity index (χ3v) is 4.36. The minimum atomic E-state index is -0.287. The largest absolute Gasteiger partial charge is 0.368 e. The van der Waals surface area contributed by atoms with Crippen LogP contribution in [0.2, 0.25) is 0 Å². The first-order valence-electron chi connectivity index (χ1n) is 8.03. The van der Waals surface area contributed by atoms with Crippen LogP contribution in [0.15, 0.2) is 18.3 Å². The first-order valence-corrected chi connectivity index (χ1v) is 8.03. The van der Waals surface area contributed by atoms with E-state index in [1.165, 1.54) is 0 Å². The van der Waals surface area contributed by atoms with Gasteiger partial charge in [-0.05, 0) is 25.0 Å². The Morgan fingerprint density at radius 2 is 2.00 bits per heavy atom. The van der Waals surface area contributed by atoms with Crippen molar-refractivity contribution in [2.75, 3.05) is 32.8 Å². The number of carbonyl (C=O) groups excluding carboxylic acids is 2. The van der Waals surface area contributed by atoms with E-state index >= 15 is 0 Å². The van der Waals surface area contributed by atoms with Crippen molar-refractivity contribution in [1.29, 1.82) is 0 Å². The van der Waals surface area contributed by atoms with Crippen LogP contribution in [0.5, 0.6) is 0 Å². The Kier molecular flexibility index (Phi) is 4.88. The predicted octanol–water partition coefficient (Wildman–Crippen LogP) is 0.00370. The quantitative estimate of drug-likeness (QED) is 0.848. The lowest BCUT2D eigenvalue weighted by molar-refractivity contribution is -0.142. The first kappa shape index (κ1) is 15.9. The number of nitrogens with two attached hydrogens (primary N) is 1. The van der Waals surface area contributed by atoms with Crippen LogP contribution in [0.4, 0.5) is 0 Å². The van der Waals surface area contributed by atoms with Crippen molar-refractivity contribution < 1.29 is 14.3 Å². The van der Waals surface area contributed by atoms with E-state index in [1.54, 1.807) is 28.1 Å². The average Bonchev–Trinajstić information content (AvgIpc) is 3.15. The van der Waals surface area contributed by atoms with Gasteiger partial charge < -0.3 is 20.3 Å². The summed E-state index contributed by atoms with van der Waals surface area (Å²) >= 11 is 0. The summed E-state index contributed by atoms with van der Waals surface area (Å²) in [7, 11) is 0. The number of amides is 2. The van der Waals surface area contributed by atoms with Crippen molar-refractivity contribution in [3.8, 4) is 0 Å². The average molecular weight is 318 g/mol. The highest BCUT2D eigenvalue weighted by molar-refractivity contribution is 5.94. The van der Waals surface area contributed by atoms with Crippen LogP contribution < -0.4 is 5.73 Å². The smallest absolute Gasteiger partial charge is 0.254 e. The van der Waals surface area contributed by atoms with E-state index in [2.05, 4.69) is 4.98 Å². The molecule has 0 bridgehead atoms. The van der Waals surface area contributed by atoms with Crippen LogP contribution in [0.1, 0.15) is 28.9 Å². The Hall–Kier alpha value is -1.99. The molecule has 1 aromatic heterocycles. The van der Waals surface area contributed by atoms with Gasteiger partial charge in [-0.3, -0.25) is 14.6 Å². The molecule has 2 aliphatic rings. The lowest BCUT2D eigenvalue weighted by atomic mass is 10.1. The summed E-state index contributed by atoms with van der Waals surface area (Å²) in [6.07, 6.45) is 3.06. The number of aromatic nitrogens is 1. The van der Waals surface area contributed by atoms with Gasteiger partial charge in [0.05, 0.1) is 5.69 Å². The standard InChI is InChI=1S/C16H22N4O3/c17-11-13-10-12(3-4-18-13)15(21)19-5-7-20(8-6-19)16(22)14-2-1-9-23-14/h3-4,10,14H,1-2,5-9,11,17H2. The number of hydrogen-bond donors (Lipinski definition) is 1. The molecular formula is C16H22N4O3. The molecule has 2 saturated heterocycles. The summed E-state index contributed by atoms with van der Waals surface area (Å²) in [6, 6.07) is 3.43. The molecule has 1 atom stereocenters. The third-order valence-electron chi connectivity index (χ3n) is 4.36. The zero-order chi connectivity index (χ0) is 16.2. The normalized spacial score (nSPS) is 21.5. The molecule has 1 unspecified atom stereocenters. The first-order chi connectivity index (χ1) is 11.2. The van der Waals surface area contributed by atoms with Crippen molar-refractivity contribution >= 4 is 11.8 Å². The van der Waals surface area contributed by atoms with Crippen molar-refractivity contribution in [2.24, 2.45) is 5.73 Å². The summed E-state index contributed by atoms with van der Waals surface area (Å²) < 4.78 is 5.45. The fourth-order valence-electron chi connectivity index (χ4n) is 3.01. The van der Waals surface area contributed by atoms with Crippen molar-refractivity contribution in [2.45, 2.75) is 25.5 Å². The van der Waals surface area contributed by atoms with Crippen molar-refractivity contribution in [3.63, 3.8) is 0 Å². The second-order valence-corrected chi connectivity index (χ2v) is 5.86. The van der Waals surface area contributed by atoms with E-state index in [9.17, 15) is 9.59 Å². The van der Waals surface area contributed by atoms with Gasteiger partial charge >= 0.3 is 0 Å². The van der Waals surface area contributed by atoms with Gasteiger partial charge in [0.15, 0.2) is 0 Å². The zero-order valence-corrected chi connectivity index (χ0v) is 13.1. The highest BCUT2D eigenvalue weighted by Crippen LogP contribution is 2.16. The molecule has 3 rings (SSSR count). The molecule has 0 aromatic carbocycles. The van der Waals surface area contributed by atoms with E-state index < -0.39 is 0 Å². The van der Waals surface area contributed by atoms with E-state index in [0.717, 1.165) is 12.8 Å². The van der Waals surface area contributed by atoms with Crippen molar-refractivity contribution in [1.82, 2.24) is 14.8 Å². The highest BCUT2D eigenvalue weighted by Gasteiger charge is 2.31. The van der Waals surface area contributed by atoms with Gasteiger partial charge in [0.1, 0.15) is 6.10 Å². The van der Waals surface area contributed by atoms with Crippen LogP contribution >= 0.6 is 0 Å². The molecule has 124 valence electrons. The Labute approximate surface area is 135 Å². The number of pyridine rings is 1. The summed E-state index contributed by atoms with van der Waals surface area (Å²) in [5, 5.41) is 0. The van der Waals surface area contributed by atoms with Crippen LogP contribution in [0.3, 0.4) is 0 Å². The topological polar surface area (TPSA) is 88.8 Å². The predicted molar refractivity (Wildman–Crippen MR) is 83.6 cm³/mol. The summed E-state index contributed by atoms with van der Waals surface area (Å²) in [5.74, 6) is 0.0234. The third kappa shape index (κ3) is 3.51. The molecule has 0 radical (unpaired) electrons. The Balaban J connectivity index is 1.57. The summed E-state index contributed by atoms with van der Waals surface area (Å²) in [6.45, 7) is 3.17. The van der Waals surface area contributed by atoms with Gasteiger partial charge in [-0.25, -0.2) is 0 Å². The van der Waals surface area contributed by atoms with Gasteiger partial charge in [-0.1, -0.05) is 0 Å². The number of piperazine rings is 1. The molecule has 2 fully saturated rings. The van der Waals surface area contributed by atoms with Gasteiger partial charge in [-0.15, -0.1) is 0 Å². The highest BCUT2D eigenvalue weighted by atomic mass is 16.5. The molecule has 3 heterocycles. The number of rotatable bonds is 3. The van der Waals surface area contributed by atoms with Crippen LogP contribution in [0.25, 0.3) is 0 Å². The van der Waals surface area contributed by atoms with Gasteiger partial charge in [0, 0.05) is 51.1 Å². The molecule has 7 heteroatoms. The van der Waals surface area contributed by atoms with Gasteiger partial charge in [0.2, 0.25) is 0 Å². The van der Waals surface area contributed by atoms with E-state index in [1.807, 2.05) is 0 Å². The van der Waals surface area contributed by atoms with E-state index in [4.69, 9.17) is 10.5 Å². The Morgan fingerprint density at radius 3 is 2.65 bits per heavy atom. The lowest BCUT2D eigenvalue weighted by Gasteiger charge is -2.35. The molecule has 0 saturated carbocycles. The molecule has 7 nitrogen and oxygen atoms in total.